The first kappa shape index (κ1) is 22.3. The zero-order valence-corrected chi connectivity index (χ0v) is 18.2. The molecule has 7 nitrogen and oxygen atoms in total. The predicted octanol–water partition coefficient (Wildman–Crippen LogP) is 3.25. The molecule has 1 aliphatic rings. The van der Waals surface area contributed by atoms with Crippen LogP contribution >= 0.6 is 0 Å². The van der Waals surface area contributed by atoms with Crippen molar-refractivity contribution in [2.75, 3.05) is 24.6 Å². The molecular weight excluding hydrogens is 392 g/mol. The number of rotatable bonds is 8. The molecule has 0 unspecified atom stereocenters. The molecule has 0 atom stereocenters. The molecule has 2 N–H and O–H groups in total. The number of ether oxygens (including phenoxy) is 1. The highest BCUT2D eigenvalue weighted by molar-refractivity contribution is 5.95. The predicted molar refractivity (Wildman–Crippen MR) is 122 cm³/mol. The summed E-state index contributed by atoms with van der Waals surface area (Å²) >= 11 is 0. The minimum absolute atomic E-state index is 0.194. The molecule has 1 saturated heterocycles. The van der Waals surface area contributed by atoms with Crippen LogP contribution in [-0.2, 0) is 22.6 Å². The third kappa shape index (κ3) is 6.31. The van der Waals surface area contributed by atoms with E-state index in [-0.39, 0.29) is 11.9 Å². The Morgan fingerprint density at radius 1 is 1.03 bits per heavy atom. The molecule has 0 radical (unpaired) electrons. The molecule has 7 heteroatoms. The minimum Gasteiger partial charge on any atom is -0.462 e. The average Bonchev–Trinajstić information content (AvgIpc) is 3.22. The fourth-order valence-corrected chi connectivity index (χ4v) is 3.37. The van der Waals surface area contributed by atoms with Gasteiger partial charge in [0.05, 0.1) is 18.7 Å². The summed E-state index contributed by atoms with van der Waals surface area (Å²) in [5.74, 6) is 0.604. The van der Waals surface area contributed by atoms with Crippen molar-refractivity contribution in [2.45, 2.75) is 39.8 Å². The normalized spacial score (nSPS) is 13.9. The number of hydrogen-bond acceptors (Lipinski definition) is 4. The zero-order chi connectivity index (χ0) is 22.1. The summed E-state index contributed by atoms with van der Waals surface area (Å²) < 4.78 is 5.01. The lowest BCUT2D eigenvalue weighted by Gasteiger charge is -2.16. The number of nitrogens with one attached hydrogen (secondary N) is 2. The molecule has 0 aromatic heterocycles. The Kier molecular flexibility index (Phi) is 8.04. The van der Waals surface area contributed by atoms with Gasteiger partial charge in [-0.25, -0.2) is 9.79 Å². The van der Waals surface area contributed by atoms with Crippen molar-refractivity contribution in [3.8, 4) is 0 Å². The summed E-state index contributed by atoms with van der Waals surface area (Å²) in [5, 5.41) is 6.56. The van der Waals surface area contributed by atoms with Crippen LogP contribution in [0.3, 0.4) is 0 Å². The molecule has 1 amide bonds. The summed E-state index contributed by atoms with van der Waals surface area (Å²) in [6.07, 6.45) is 1.56. The van der Waals surface area contributed by atoms with Crippen molar-refractivity contribution in [3.63, 3.8) is 0 Å². The fraction of sp³-hybridized carbons (Fsp3) is 0.375. The second-order valence-electron chi connectivity index (χ2n) is 7.28. The van der Waals surface area contributed by atoms with Gasteiger partial charge >= 0.3 is 5.97 Å². The molecule has 0 saturated carbocycles. The first-order chi connectivity index (χ1) is 15.1. The maximum atomic E-state index is 11.9. The third-order valence-corrected chi connectivity index (χ3v) is 5.01. The van der Waals surface area contributed by atoms with E-state index in [9.17, 15) is 9.59 Å². The van der Waals surface area contributed by atoms with Gasteiger partial charge in [-0.3, -0.25) is 4.79 Å². The molecule has 0 spiro atoms. The number of amides is 1. The summed E-state index contributed by atoms with van der Waals surface area (Å²) in [6, 6.07) is 15.4. The fourth-order valence-electron chi connectivity index (χ4n) is 3.37. The van der Waals surface area contributed by atoms with Crippen LogP contribution in [0.1, 0.15) is 48.2 Å². The standard InChI is InChI=1S/C24H30N4O3/c1-3-25-24(26-16-18-7-11-20(12-8-18)23(30)31-4-2)27-17-19-9-13-21(14-10-19)28-15-5-6-22(28)29/h7-14H,3-6,15-17H2,1-2H3,(H2,25,26,27). The van der Waals surface area contributed by atoms with Crippen LogP contribution in [0, 0.1) is 0 Å². The van der Waals surface area contributed by atoms with Crippen LogP contribution in [0.15, 0.2) is 53.5 Å². The zero-order valence-electron chi connectivity index (χ0n) is 18.2. The molecule has 2 aromatic carbocycles. The van der Waals surface area contributed by atoms with Crippen LogP contribution in [0.25, 0.3) is 0 Å². The monoisotopic (exact) mass is 422 g/mol. The highest BCUT2D eigenvalue weighted by atomic mass is 16.5. The van der Waals surface area contributed by atoms with Gasteiger partial charge in [-0.15, -0.1) is 0 Å². The van der Waals surface area contributed by atoms with Crippen LogP contribution in [-0.4, -0.2) is 37.5 Å². The van der Waals surface area contributed by atoms with Crippen molar-refractivity contribution in [2.24, 2.45) is 4.99 Å². The second kappa shape index (κ2) is 11.2. The van der Waals surface area contributed by atoms with E-state index >= 15 is 0 Å². The van der Waals surface area contributed by atoms with Crippen molar-refractivity contribution in [1.82, 2.24) is 10.6 Å². The van der Waals surface area contributed by atoms with Crippen LogP contribution < -0.4 is 15.5 Å². The van der Waals surface area contributed by atoms with E-state index in [1.54, 1.807) is 19.1 Å². The lowest BCUT2D eigenvalue weighted by Crippen LogP contribution is -2.36. The summed E-state index contributed by atoms with van der Waals surface area (Å²) in [4.78, 5) is 30.1. The molecular formula is C24H30N4O3. The van der Waals surface area contributed by atoms with Crippen molar-refractivity contribution < 1.29 is 14.3 Å². The Bertz CT molecular complexity index is 907. The van der Waals surface area contributed by atoms with E-state index in [4.69, 9.17) is 4.74 Å². The summed E-state index contributed by atoms with van der Waals surface area (Å²) in [6.45, 7) is 6.85. The number of guanidine groups is 1. The van der Waals surface area contributed by atoms with Gasteiger partial charge in [0.1, 0.15) is 0 Å². The first-order valence-corrected chi connectivity index (χ1v) is 10.8. The first-order valence-electron chi connectivity index (χ1n) is 10.8. The smallest absolute Gasteiger partial charge is 0.338 e. The number of nitrogens with zero attached hydrogens (tertiary/aromatic N) is 2. The van der Waals surface area contributed by atoms with Gasteiger partial charge in [-0.2, -0.15) is 0 Å². The number of carbonyl (C=O) groups excluding carboxylic acids is 2. The van der Waals surface area contributed by atoms with E-state index in [0.717, 1.165) is 42.3 Å². The molecule has 2 aromatic rings. The quantitative estimate of drug-likeness (QED) is 0.388. The van der Waals surface area contributed by atoms with E-state index in [2.05, 4.69) is 15.6 Å². The highest BCUT2D eigenvalue weighted by Gasteiger charge is 2.21. The van der Waals surface area contributed by atoms with Gasteiger partial charge in [0.15, 0.2) is 5.96 Å². The largest absolute Gasteiger partial charge is 0.462 e. The second-order valence-corrected chi connectivity index (χ2v) is 7.28. The maximum Gasteiger partial charge on any atom is 0.338 e. The molecule has 1 heterocycles. The minimum atomic E-state index is -0.308. The number of benzene rings is 2. The van der Waals surface area contributed by atoms with Gasteiger partial charge in [-0.05, 0) is 55.7 Å². The van der Waals surface area contributed by atoms with Crippen molar-refractivity contribution >= 4 is 23.5 Å². The van der Waals surface area contributed by atoms with Gasteiger partial charge in [0.2, 0.25) is 5.91 Å². The Morgan fingerprint density at radius 3 is 2.35 bits per heavy atom. The van der Waals surface area contributed by atoms with E-state index in [1.807, 2.05) is 48.2 Å². The van der Waals surface area contributed by atoms with Crippen LogP contribution in [0.5, 0.6) is 0 Å². The number of hydrogen-bond donors (Lipinski definition) is 2. The highest BCUT2D eigenvalue weighted by Crippen LogP contribution is 2.21. The lowest BCUT2D eigenvalue weighted by atomic mass is 10.1. The SMILES string of the molecule is CCNC(=NCc1ccc(N2CCCC2=O)cc1)NCc1ccc(C(=O)OCC)cc1. The lowest BCUT2D eigenvalue weighted by molar-refractivity contribution is -0.117. The third-order valence-electron chi connectivity index (χ3n) is 5.01. The Labute approximate surface area is 183 Å². The molecule has 1 aliphatic heterocycles. The van der Waals surface area contributed by atoms with Crippen LogP contribution in [0.2, 0.25) is 0 Å². The Hall–Kier alpha value is -3.35. The molecule has 0 bridgehead atoms. The van der Waals surface area contributed by atoms with Gasteiger partial charge in [-0.1, -0.05) is 24.3 Å². The molecule has 164 valence electrons. The number of carbonyl (C=O) groups is 2. The van der Waals surface area contributed by atoms with E-state index in [0.29, 0.717) is 31.7 Å². The molecule has 3 rings (SSSR count). The molecule has 1 fully saturated rings. The molecule has 0 aliphatic carbocycles. The van der Waals surface area contributed by atoms with E-state index in [1.165, 1.54) is 0 Å². The number of anilines is 1. The topological polar surface area (TPSA) is 83.0 Å². The van der Waals surface area contributed by atoms with Crippen LogP contribution in [0.4, 0.5) is 5.69 Å². The number of aliphatic imine (C=N–C) groups is 1. The average molecular weight is 423 g/mol. The number of esters is 1. The maximum absolute atomic E-state index is 11.9. The van der Waals surface area contributed by atoms with Gasteiger partial charge in [0, 0.05) is 31.7 Å². The van der Waals surface area contributed by atoms with Crippen molar-refractivity contribution in [3.05, 3.63) is 65.2 Å². The van der Waals surface area contributed by atoms with E-state index < -0.39 is 0 Å². The molecule has 31 heavy (non-hydrogen) atoms. The van der Waals surface area contributed by atoms with Gasteiger partial charge in [0.25, 0.3) is 0 Å². The Morgan fingerprint density at radius 2 is 1.74 bits per heavy atom. The summed E-state index contributed by atoms with van der Waals surface area (Å²) in [5.41, 5.74) is 3.61. The van der Waals surface area contributed by atoms with Crippen molar-refractivity contribution in [1.29, 1.82) is 0 Å². The summed E-state index contributed by atoms with van der Waals surface area (Å²) in [7, 11) is 0. The van der Waals surface area contributed by atoms with Gasteiger partial charge < -0.3 is 20.3 Å². The Balaban J connectivity index is 1.56.